The number of aromatic nitrogens is 2. The quantitative estimate of drug-likeness (QED) is 0.795. The summed E-state index contributed by atoms with van der Waals surface area (Å²) in [6.07, 6.45) is 7.42. The predicted molar refractivity (Wildman–Crippen MR) is 57.2 cm³/mol. The molecule has 0 aliphatic heterocycles. The lowest BCUT2D eigenvalue weighted by Crippen LogP contribution is -2.10. The Morgan fingerprint density at radius 1 is 1.57 bits per heavy atom. The van der Waals surface area contributed by atoms with Crippen molar-refractivity contribution in [2.45, 2.75) is 51.1 Å². The van der Waals surface area contributed by atoms with E-state index >= 15 is 0 Å². The van der Waals surface area contributed by atoms with Crippen LogP contribution in [-0.4, -0.2) is 15.6 Å². The van der Waals surface area contributed by atoms with Gasteiger partial charge in [-0.15, -0.1) is 0 Å². The molecule has 1 saturated carbocycles. The molecule has 2 rings (SSSR count). The summed E-state index contributed by atoms with van der Waals surface area (Å²) in [7, 11) is 0. The molecule has 1 heterocycles. The van der Waals surface area contributed by atoms with E-state index in [0.717, 1.165) is 6.42 Å². The molecule has 78 valence electrons. The van der Waals surface area contributed by atoms with Gasteiger partial charge in [0.05, 0.1) is 12.4 Å². The van der Waals surface area contributed by atoms with Crippen LogP contribution in [0.4, 0.5) is 0 Å². The molecule has 0 aromatic carbocycles. The van der Waals surface area contributed by atoms with Gasteiger partial charge in [0, 0.05) is 23.9 Å². The Bertz CT molecular complexity index is 301. The van der Waals surface area contributed by atoms with Crippen molar-refractivity contribution in [2.75, 3.05) is 0 Å². The van der Waals surface area contributed by atoms with E-state index in [1.807, 2.05) is 12.5 Å². The van der Waals surface area contributed by atoms with Gasteiger partial charge in [-0.3, -0.25) is 0 Å². The summed E-state index contributed by atoms with van der Waals surface area (Å²) in [5.41, 5.74) is 7.23. The fourth-order valence-corrected chi connectivity index (χ4v) is 2.14. The Morgan fingerprint density at radius 2 is 2.21 bits per heavy atom. The summed E-state index contributed by atoms with van der Waals surface area (Å²) in [5.74, 6) is 0.644. The maximum absolute atomic E-state index is 5.86. The van der Waals surface area contributed by atoms with Crippen LogP contribution in [0.15, 0.2) is 12.5 Å². The highest BCUT2D eigenvalue weighted by molar-refractivity contribution is 5.12. The zero-order valence-electron chi connectivity index (χ0n) is 8.98. The van der Waals surface area contributed by atoms with Crippen LogP contribution in [0.5, 0.6) is 0 Å². The van der Waals surface area contributed by atoms with Gasteiger partial charge in [0.15, 0.2) is 0 Å². The highest BCUT2D eigenvalue weighted by Crippen LogP contribution is 2.37. The smallest absolute Gasteiger partial charge is 0.0951 e. The molecule has 0 bridgehead atoms. The first-order valence-electron chi connectivity index (χ1n) is 5.55. The number of hydrogen-bond acceptors (Lipinski definition) is 2. The van der Waals surface area contributed by atoms with E-state index in [9.17, 15) is 0 Å². The Morgan fingerprint density at radius 3 is 2.71 bits per heavy atom. The normalized spacial score (nSPS) is 25.7. The first kappa shape index (κ1) is 9.71. The molecule has 1 aromatic rings. The summed E-state index contributed by atoms with van der Waals surface area (Å²) in [5, 5.41) is 0. The molecule has 2 unspecified atom stereocenters. The fraction of sp³-hybridized carbons (Fsp3) is 0.727. The highest BCUT2D eigenvalue weighted by atomic mass is 15.1. The van der Waals surface area contributed by atoms with E-state index in [-0.39, 0.29) is 0 Å². The lowest BCUT2D eigenvalue weighted by Gasteiger charge is -2.15. The molecule has 3 nitrogen and oxygen atoms in total. The number of nitrogens with zero attached hydrogens (tertiary/aromatic N) is 2. The van der Waals surface area contributed by atoms with E-state index in [1.54, 1.807) is 0 Å². The predicted octanol–water partition coefficient (Wildman–Crippen LogP) is 2.06. The lowest BCUT2D eigenvalue weighted by molar-refractivity contribution is 0.564. The maximum Gasteiger partial charge on any atom is 0.0951 e. The van der Waals surface area contributed by atoms with Crippen LogP contribution < -0.4 is 5.73 Å². The van der Waals surface area contributed by atoms with Crippen LogP contribution in [0.2, 0.25) is 0 Å². The Labute approximate surface area is 85.3 Å². The summed E-state index contributed by atoms with van der Waals surface area (Å²) in [6.45, 7) is 4.47. The van der Waals surface area contributed by atoms with Crippen molar-refractivity contribution in [3.05, 3.63) is 18.2 Å². The molecular formula is C11H19N3. The largest absolute Gasteiger partial charge is 0.330 e. The van der Waals surface area contributed by atoms with Gasteiger partial charge in [-0.05, 0) is 19.3 Å². The molecule has 1 aliphatic carbocycles. The second-order valence-electron chi connectivity index (χ2n) is 4.21. The Hall–Kier alpha value is -0.830. The van der Waals surface area contributed by atoms with E-state index in [2.05, 4.69) is 23.4 Å². The minimum Gasteiger partial charge on any atom is -0.330 e. The van der Waals surface area contributed by atoms with E-state index < -0.39 is 0 Å². The monoisotopic (exact) mass is 193 g/mol. The molecule has 0 spiro atoms. The number of nitrogens with two attached hydrogens (primary N) is 1. The molecule has 1 aliphatic rings. The molecule has 0 radical (unpaired) electrons. The molecule has 2 N–H and O–H groups in total. The van der Waals surface area contributed by atoms with E-state index in [1.165, 1.54) is 18.5 Å². The number of hydrogen-bond donors (Lipinski definition) is 1. The van der Waals surface area contributed by atoms with E-state index in [4.69, 9.17) is 5.73 Å². The molecule has 1 aromatic heterocycles. The van der Waals surface area contributed by atoms with Crippen LogP contribution in [0.25, 0.3) is 0 Å². The Kier molecular flexibility index (Phi) is 2.59. The molecule has 1 fully saturated rings. The van der Waals surface area contributed by atoms with Crippen LogP contribution in [0, 0.1) is 0 Å². The van der Waals surface area contributed by atoms with Crippen LogP contribution in [0.3, 0.4) is 0 Å². The number of rotatable bonds is 4. The summed E-state index contributed by atoms with van der Waals surface area (Å²) in [4.78, 5) is 4.24. The minimum atomic E-state index is 0.359. The summed E-state index contributed by atoms with van der Waals surface area (Å²) < 4.78 is 2.28. The molecule has 14 heavy (non-hydrogen) atoms. The summed E-state index contributed by atoms with van der Waals surface area (Å²) in [6, 6.07) is 0.880. The molecular weight excluding hydrogens is 174 g/mol. The van der Waals surface area contributed by atoms with Gasteiger partial charge in [0.1, 0.15) is 0 Å². The van der Waals surface area contributed by atoms with Gasteiger partial charge in [-0.1, -0.05) is 13.8 Å². The van der Waals surface area contributed by atoms with Gasteiger partial charge >= 0.3 is 0 Å². The fourth-order valence-electron chi connectivity index (χ4n) is 2.14. The van der Waals surface area contributed by atoms with Crippen molar-refractivity contribution in [3.8, 4) is 0 Å². The van der Waals surface area contributed by atoms with Crippen molar-refractivity contribution in [1.82, 2.24) is 9.55 Å². The maximum atomic E-state index is 5.86. The second kappa shape index (κ2) is 3.73. The van der Waals surface area contributed by atoms with Crippen LogP contribution >= 0.6 is 0 Å². The van der Waals surface area contributed by atoms with Crippen LogP contribution in [0.1, 0.15) is 50.8 Å². The average Bonchev–Trinajstić information content (AvgIpc) is 2.74. The highest BCUT2D eigenvalue weighted by Gasteiger charge is 2.36. The van der Waals surface area contributed by atoms with Gasteiger partial charge < -0.3 is 10.3 Å². The SMILES string of the molecule is CCC(CC)c1cncn1C1CC1N. The average molecular weight is 193 g/mol. The van der Waals surface area contributed by atoms with Crippen molar-refractivity contribution in [2.24, 2.45) is 5.73 Å². The first-order valence-corrected chi connectivity index (χ1v) is 5.55. The standard InChI is InChI=1S/C11H19N3/c1-3-8(4-2)11-6-13-7-14(11)10-5-9(10)12/h6-10H,3-5,12H2,1-2H3. The molecule has 0 saturated heterocycles. The lowest BCUT2D eigenvalue weighted by atomic mass is 10.00. The second-order valence-corrected chi connectivity index (χ2v) is 4.21. The third-order valence-corrected chi connectivity index (χ3v) is 3.26. The topological polar surface area (TPSA) is 43.8 Å². The van der Waals surface area contributed by atoms with Crippen molar-refractivity contribution in [3.63, 3.8) is 0 Å². The number of imidazole rings is 1. The summed E-state index contributed by atoms with van der Waals surface area (Å²) >= 11 is 0. The Balaban J connectivity index is 2.20. The molecule has 3 heteroatoms. The van der Waals surface area contributed by atoms with Crippen molar-refractivity contribution >= 4 is 0 Å². The minimum absolute atomic E-state index is 0.359. The zero-order chi connectivity index (χ0) is 10.1. The zero-order valence-corrected chi connectivity index (χ0v) is 8.98. The van der Waals surface area contributed by atoms with Gasteiger partial charge in [0.25, 0.3) is 0 Å². The molecule has 0 amide bonds. The van der Waals surface area contributed by atoms with Crippen molar-refractivity contribution < 1.29 is 0 Å². The third-order valence-electron chi connectivity index (χ3n) is 3.26. The molecule has 2 atom stereocenters. The van der Waals surface area contributed by atoms with Crippen molar-refractivity contribution in [1.29, 1.82) is 0 Å². The first-order chi connectivity index (χ1) is 6.77. The third kappa shape index (κ3) is 1.57. The van der Waals surface area contributed by atoms with Crippen LogP contribution in [-0.2, 0) is 0 Å². The van der Waals surface area contributed by atoms with Gasteiger partial charge in [0.2, 0.25) is 0 Å². The van der Waals surface area contributed by atoms with Gasteiger partial charge in [-0.2, -0.15) is 0 Å². The van der Waals surface area contributed by atoms with E-state index in [0.29, 0.717) is 18.0 Å². The van der Waals surface area contributed by atoms with Gasteiger partial charge in [-0.25, -0.2) is 4.98 Å².